The van der Waals surface area contributed by atoms with Gasteiger partial charge >= 0.3 is 0 Å². The Morgan fingerprint density at radius 3 is 2.50 bits per heavy atom. The van der Waals surface area contributed by atoms with Crippen molar-refractivity contribution in [3.05, 3.63) is 18.2 Å². The zero-order chi connectivity index (χ0) is 11.1. The van der Waals surface area contributed by atoms with Crippen LogP contribution in [0.5, 0.6) is 0 Å². The zero-order valence-electron chi connectivity index (χ0n) is 9.23. The van der Waals surface area contributed by atoms with Crippen LogP contribution in [0.4, 0.5) is 17.1 Å². The number of nitrogen functional groups attached to an aromatic ring is 2. The molecular weight excluding hydrogens is 202 g/mol. The summed E-state index contributed by atoms with van der Waals surface area (Å²) in [5, 5.41) is 0. The van der Waals surface area contributed by atoms with Gasteiger partial charge in [0.1, 0.15) is 0 Å². The van der Waals surface area contributed by atoms with Crippen molar-refractivity contribution in [2.45, 2.75) is 24.9 Å². The minimum absolute atomic E-state index is 0.475. The molecule has 0 amide bonds. The SMILES string of the molecule is Nc1cccc(N2[C@@H]3CC[C@H]2COC3)c1N. The van der Waals surface area contributed by atoms with Crippen molar-refractivity contribution in [1.29, 1.82) is 0 Å². The number of nitrogens with zero attached hydrogens (tertiary/aromatic N) is 1. The Bertz CT molecular complexity index is 391. The molecule has 0 radical (unpaired) electrons. The predicted octanol–water partition coefficient (Wildman–Crippen LogP) is 1.22. The molecule has 86 valence electrons. The Kier molecular flexibility index (Phi) is 2.17. The van der Waals surface area contributed by atoms with E-state index in [2.05, 4.69) is 11.0 Å². The van der Waals surface area contributed by atoms with Gasteiger partial charge in [0.15, 0.2) is 0 Å². The van der Waals surface area contributed by atoms with Gasteiger partial charge in [-0.2, -0.15) is 0 Å². The monoisotopic (exact) mass is 219 g/mol. The summed E-state index contributed by atoms with van der Waals surface area (Å²) in [6.45, 7) is 1.62. The summed E-state index contributed by atoms with van der Waals surface area (Å²) >= 11 is 0. The van der Waals surface area contributed by atoms with Crippen LogP contribution in [-0.2, 0) is 4.74 Å². The van der Waals surface area contributed by atoms with Crippen LogP contribution in [0.2, 0.25) is 0 Å². The lowest BCUT2D eigenvalue weighted by atomic mass is 10.1. The number of anilines is 3. The molecular formula is C12H17N3O. The molecule has 0 aliphatic carbocycles. The average molecular weight is 219 g/mol. The highest BCUT2D eigenvalue weighted by molar-refractivity contribution is 5.80. The van der Waals surface area contributed by atoms with Gasteiger partial charge in [-0.15, -0.1) is 0 Å². The number of para-hydroxylation sites is 1. The molecule has 1 aromatic carbocycles. The fourth-order valence-electron chi connectivity index (χ4n) is 2.82. The normalized spacial score (nSPS) is 28.4. The van der Waals surface area contributed by atoms with Crippen molar-refractivity contribution >= 4 is 17.1 Å². The Labute approximate surface area is 95.2 Å². The van der Waals surface area contributed by atoms with Crippen LogP contribution in [0.15, 0.2) is 18.2 Å². The summed E-state index contributed by atoms with van der Waals surface area (Å²) in [6, 6.07) is 6.82. The van der Waals surface area contributed by atoms with Crippen LogP contribution in [0.1, 0.15) is 12.8 Å². The van der Waals surface area contributed by atoms with Crippen molar-refractivity contribution in [3.63, 3.8) is 0 Å². The van der Waals surface area contributed by atoms with Crippen LogP contribution >= 0.6 is 0 Å². The maximum Gasteiger partial charge on any atom is 0.0785 e. The highest BCUT2D eigenvalue weighted by atomic mass is 16.5. The molecule has 1 aromatic rings. The van der Waals surface area contributed by atoms with E-state index in [9.17, 15) is 0 Å². The molecule has 16 heavy (non-hydrogen) atoms. The average Bonchev–Trinajstić information content (AvgIpc) is 2.54. The number of hydrogen-bond donors (Lipinski definition) is 2. The van der Waals surface area contributed by atoms with Gasteiger partial charge in [0.05, 0.1) is 42.4 Å². The lowest BCUT2D eigenvalue weighted by molar-refractivity contribution is 0.0907. The number of fused-ring (bicyclic) bond motifs is 2. The molecule has 2 saturated heterocycles. The van der Waals surface area contributed by atoms with E-state index in [4.69, 9.17) is 16.2 Å². The Hall–Kier alpha value is -1.42. The minimum Gasteiger partial charge on any atom is -0.397 e. The summed E-state index contributed by atoms with van der Waals surface area (Å²) in [4.78, 5) is 2.40. The maximum atomic E-state index is 6.06. The van der Waals surface area contributed by atoms with Gasteiger partial charge in [0, 0.05) is 0 Å². The summed E-state index contributed by atoms with van der Waals surface area (Å²) in [7, 11) is 0. The van der Waals surface area contributed by atoms with E-state index in [1.54, 1.807) is 0 Å². The fourth-order valence-corrected chi connectivity index (χ4v) is 2.82. The second kappa shape index (κ2) is 3.56. The van der Waals surface area contributed by atoms with Crippen molar-refractivity contribution in [3.8, 4) is 0 Å². The Morgan fingerprint density at radius 2 is 1.81 bits per heavy atom. The molecule has 0 spiro atoms. The van der Waals surface area contributed by atoms with Crippen LogP contribution in [-0.4, -0.2) is 25.3 Å². The highest BCUT2D eigenvalue weighted by Crippen LogP contribution is 2.38. The molecule has 2 atom stereocenters. The minimum atomic E-state index is 0.475. The molecule has 2 aliphatic rings. The van der Waals surface area contributed by atoms with Gasteiger partial charge in [-0.3, -0.25) is 0 Å². The molecule has 4 heteroatoms. The number of morpholine rings is 1. The second-order valence-corrected chi connectivity index (χ2v) is 4.61. The highest BCUT2D eigenvalue weighted by Gasteiger charge is 2.38. The van der Waals surface area contributed by atoms with Gasteiger partial charge < -0.3 is 21.1 Å². The zero-order valence-corrected chi connectivity index (χ0v) is 9.23. The first-order chi connectivity index (χ1) is 7.77. The van der Waals surface area contributed by atoms with Crippen molar-refractivity contribution in [2.75, 3.05) is 29.6 Å². The smallest absolute Gasteiger partial charge is 0.0785 e. The third-order valence-corrected chi connectivity index (χ3v) is 3.64. The van der Waals surface area contributed by atoms with E-state index in [1.807, 2.05) is 12.1 Å². The van der Waals surface area contributed by atoms with E-state index >= 15 is 0 Å². The van der Waals surface area contributed by atoms with Crippen LogP contribution < -0.4 is 16.4 Å². The number of hydrogen-bond acceptors (Lipinski definition) is 4. The van der Waals surface area contributed by atoms with E-state index < -0.39 is 0 Å². The Morgan fingerprint density at radius 1 is 1.12 bits per heavy atom. The summed E-state index contributed by atoms with van der Waals surface area (Å²) in [5.41, 5.74) is 14.4. The van der Waals surface area contributed by atoms with E-state index in [-0.39, 0.29) is 0 Å². The van der Waals surface area contributed by atoms with Gasteiger partial charge in [-0.1, -0.05) is 6.07 Å². The number of benzene rings is 1. The van der Waals surface area contributed by atoms with Gasteiger partial charge in [0.25, 0.3) is 0 Å². The van der Waals surface area contributed by atoms with Crippen LogP contribution in [0, 0.1) is 0 Å². The molecule has 3 rings (SSSR count). The lowest BCUT2D eigenvalue weighted by Gasteiger charge is -2.37. The molecule has 2 aliphatic heterocycles. The largest absolute Gasteiger partial charge is 0.397 e. The molecule has 0 saturated carbocycles. The van der Waals surface area contributed by atoms with Gasteiger partial charge in [0.2, 0.25) is 0 Å². The van der Waals surface area contributed by atoms with Gasteiger partial charge in [-0.25, -0.2) is 0 Å². The second-order valence-electron chi connectivity index (χ2n) is 4.61. The van der Waals surface area contributed by atoms with Crippen molar-refractivity contribution in [2.24, 2.45) is 0 Å². The number of nitrogens with two attached hydrogens (primary N) is 2. The molecule has 4 N–H and O–H groups in total. The van der Waals surface area contributed by atoms with E-state index in [1.165, 1.54) is 12.8 Å². The molecule has 2 heterocycles. The summed E-state index contributed by atoms with van der Waals surface area (Å²) < 4.78 is 5.56. The van der Waals surface area contributed by atoms with Gasteiger partial charge in [-0.05, 0) is 25.0 Å². The molecule has 0 aromatic heterocycles. The van der Waals surface area contributed by atoms with Crippen molar-refractivity contribution in [1.82, 2.24) is 0 Å². The number of ether oxygens (including phenoxy) is 1. The Balaban J connectivity index is 2.00. The third-order valence-electron chi connectivity index (χ3n) is 3.64. The van der Waals surface area contributed by atoms with E-state index in [0.717, 1.165) is 18.9 Å². The first-order valence-electron chi connectivity index (χ1n) is 5.77. The third kappa shape index (κ3) is 1.33. The standard InChI is InChI=1S/C12H17N3O/c13-10-2-1-3-11(12(10)14)15-8-4-5-9(15)7-16-6-8/h1-3,8-9H,4-7,13-14H2/t8-,9+. The predicted molar refractivity (Wildman–Crippen MR) is 65.4 cm³/mol. The van der Waals surface area contributed by atoms with Crippen LogP contribution in [0.3, 0.4) is 0 Å². The molecule has 0 unspecified atom stereocenters. The topological polar surface area (TPSA) is 64.5 Å². The summed E-state index contributed by atoms with van der Waals surface area (Å²) in [6.07, 6.45) is 2.39. The number of rotatable bonds is 1. The van der Waals surface area contributed by atoms with Crippen LogP contribution in [0.25, 0.3) is 0 Å². The van der Waals surface area contributed by atoms with E-state index in [0.29, 0.717) is 23.5 Å². The first kappa shape index (κ1) is 9.78. The lowest BCUT2D eigenvalue weighted by Crippen LogP contribution is -2.46. The first-order valence-corrected chi connectivity index (χ1v) is 5.77. The van der Waals surface area contributed by atoms with Crippen molar-refractivity contribution < 1.29 is 4.74 Å². The molecule has 4 nitrogen and oxygen atoms in total. The summed E-state index contributed by atoms with van der Waals surface area (Å²) in [5.74, 6) is 0. The maximum absolute atomic E-state index is 6.06. The molecule has 2 fully saturated rings. The quantitative estimate of drug-likeness (QED) is 0.697. The fraction of sp³-hybridized carbons (Fsp3) is 0.500. The molecule has 2 bridgehead atoms.